The van der Waals surface area contributed by atoms with Gasteiger partial charge in [0.25, 0.3) is 5.91 Å². The number of pyridine rings is 1. The van der Waals surface area contributed by atoms with Gasteiger partial charge in [-0.15, -0.1) is 0 Å². The van der Waals surface area contributed by atoms with E-state index in [1.807, 2.05) is 42.5 Å². The number of amides is 1. The van der Waals surface area contributed by atoms with Gasteiger partial charge < -0.3 is 18.8 Å². The number of rotatable bonds is 5. The van der Waals surface area contributed by atoms with Gasteiger partial charge in [0.2, 0.25) is 11.7 Å². The number of anilines is 1. The van der Waals surface area contributed by atoms with Gasteiger partial charge >= 0.3 is 0 Å². The van der Waals surface area contributed by atoms with Crippen molar-refractivity contribution in [2.45, 2.75) is 18.8 Å². The van der Waals surface area contributed by atoms with Crippen molar-refractivity contribution in [2.24, 2.45) is 0 Å². The molecule has 166 valence electrons. The van der Waals surface area contributed by atoms with E-state index in [4.69, 9.17) is 9.05 Å². The number of aromatic nitrogens is 4. The van der Waals surface area contributed by atoms with Gasteiger partial charge in [0.05, 0.1) is 0 Å². The molecular formula is C24H22N6O3. The summed E-state index contributed by atoms with van der Waals surface area (Å²) in [4.78, 5) is 25.9. The zero-order valence-corrected chi connectivity index (χ0v) is 17.9. The van der Waals surface area contributed by atoms with Crippen LogP contribution >= 0.6 is 0 Å². The molecule has 9 nitrogen and oxygen atoms in total. The molecular weight excluding hydrogens is 420 g/mol. The van der Waals surface area contributed by atoms with Crippen molar-refractivity contribution in [3.63, 3.8) is 0 Å². The first kappa shape index (κ1) is 19.7. The predicted octanol–water partition coefficient (Wildman–Crippen LogP) is 3.63. The summed E-state index contributed by atoms with van der Waals surface area (Å²) in [6.45, 7) is 2.56. The van der Waals surface area contributed by atoms with Crippen LogP contribution in [0.2, 0.25) is 0 Å². The van der Waals surface area contributed by atoms with Gasteiger partial charge in [-0.05, 0) is 25.0 Å². The number of carbonyl (C=O) groups is 1. The van der Waals surface area contributed by atoms with Crippen LogP contribution in [0.25, 0.3) is 22.7 Å². The summed E-state index contributed by atoms with van der Waals surface area (Å²) in [5.41, 5.74) is 2.06. The molecule has 0 atom stereocenters. The number of nitrogens with zero attached hydrogens (tertiary/aromatic N) is 6. The minimum absolute atomic E-state index is 0.118. The number of hydrogen-bond acceptors (Lipinski definition) is 8. The van der Waals surface area contributed by atoms with E-state index < -0.39 is 0 Å². The van der Waals surface area contributed by atoms with E-state index in [-0.39, 0.29) is 5.91 Å². The third kappa shape index (κ3) is 3.97. The van der Waals surface area contributed by atoms with Crippen molar-refractivity contribution in [2.75, 3.05) is 31.1 Å². The minimum atomic E-state index is -0.118. The maximum absolute atomic E-state index is 12.9. The summed E-state index contributed by atoms with van der Waals surface area (Å²) in [7, 11) is 0. The second-order valence-electron chi connectivity index (χ2n) is 8.36. The summed E-state index contributed by atoms with van der Waals surface area (Å²) in [5.74, 6) is 3.07. The van der Waals surface area contributed by atoms with E-state index in [0.717, 1.165) is 35.7 Å². The Labute approximate surface area is 190 Å². The summed E-state index contributed by atoms with van der Waals surface area (Å²) >= 11 is 0. The zero-order chi connectivity index (χ0) is 22.2. The lowest BCUT2D eigenvalue weighted by molar-refractivity contribution is 0.0736. The molecule has 1 amide bonds. The van der Waals surface area contributed by atoms with Crippen LogP contribution in [-0.2, 0) is 0 Å². The Balaban J connectivity index is 1.08. The van der Waals surface area contributed by atoms with Crippen molar-refractivity contribution in [3.8, 4) is 22.7 Å². The first-order chi connectivity index (χ1) is 16.2. The molecule has 1 aliphatic heterocycles. The van der Waals surface area contributed by atoms with Crippen LogP contribution in [0.15, 0.2) is 63.8 Å². The molecule has 1 aliphatic carbocycles. The van der Waals surface area contributed by atoms with E-state index in [2.05, 4.69) is 25.2 Å². The highest BCUT2D eigenvalue weighted by Crippen LogP contribution is 2.39. The third-order valence-corrected chi connectivity index (χ3v) is 6.05. The van der Waals surface area contributed by atoms with E-state index in [9.17, 15) is 4.79 Å². The molecule has 2 fully saturated rings. The molecule has 3 aromatic heterocycles. The van der Waals surface area contributed by atoms with Crippen LogP contribution in [-0.4, -0.2) is 57.3 Å². The highest BCUT2D eigenvalue weighted by atomic mass is 16.5. The third-order valence-electron chi connectivity index (χ3n) is 6.05. The largest absolute Gasteiger partial charge is 0.355 e. The Morgan fingerprint density at radius 3 is 2.45 bits per heavy atom. The average Bonchev–Trinajstić information content (AvgIpc) is 3.40. The molecule has 0 N–H and O–H groups in total. The highest BCUT2D eigenvalue weighted by molar-refractivity contribution is 5.93. The highest BCUT2D eigenvalue weighted by Gasteiger charge is 2.30. The summed E-state index contributed by atoms with van der Waals surface area (Å²) < 4.78 is 10.7. The molecule has 0 unspecified atom stereocenters. The van der Waals surface area contributed by atoms with Crippen molar-refractivity contribution < 1.29 is 13.8 Å². The molecule has 1 saturated heterocycles. The molecule has 0 radical (unpaired) electrons. The zero-order valence-electron chi connectivity index (χ0n) is 17.9. The molecule has 0 spiro atoms. The Morgan fingerprint density at radius 2 is 1.73 bits per heavy atom. The quantitative estimate of drug-likeness (QED) is 0.462. The maximum atomic E-state index is 12.9. The van der Waals surface area contributed by atoms with Crippen molar-refractivity contribution >= 4 is 11.7 Å². The van der Waals surface area contributed by atoms with Crippen LogP contribution in [0.3, 0.4) is 0 Å². The predicted molar refractivity (Wildman–Crippen MR) is 120 cm³/mol. The molecule has 4 aromatic rings. The van der Waals surface area contributed by atoms with Gasteiger partial charge in [-0.1, -0.05) is 40.6 Å². The second kappa shape index (κ2) is 8.16. The van der Waals surface area contributed by atoms with Gasteiger partial charge in [0.1, 0.15) is 5.82 Å². The molecule has 1 aromatic carbocycles. The second-order valence-corrected chi connectivity index (χ2v) is 8.36. The van der Waals surface area contributed by atoms with Gasteiger partial charge in [0, 0.05) is 55.5 Å². The molecule has 33 heavy (non-hydrogen) atoms. The fourth-order valence-electron chi connectivity index (χ4n) is 3.97. The van der Waals surface area contributed by atoms with Gasteiger partial charge in [-0.25, -0.2) is 4.98 Å². The number of carbonyl (C=O) groups excluding carboxylic acids is 1. The summed E-state index contributed by atoms with van der Waals surface area (Å²) in [6, 6.07) is 15.3. The lowest BCUT2D eigenvalue weighted by atomic mass is 10.1. The Kier molecular flexibility index (Phi) is 4.86. The topological polar surface area (TPSA) is 101 Å². The van der Waals surface area contributed by atoms with E-state index in [0.29, 0.717) is 49.4 Å². The lowest BCUT2D eigenvalue weighted by Gasteiger charge is -2.35. The lowest BCUT2D eigenvalue weighted by Crippen LogP contribution is -2.49. The summed E-state index contributed by atoms with van der Waals surface area (Å²) in [5, 5.41) is 8.06. The maximum Gasteiger partial charge on any atom is 0.276 e. The van der Waals surface area contributed by atoms with Crippen LogP contribution in [0.5, 0.6) is 0 Å². The van der Waals surface area contributed by atoms with Crippen LogP contribution in [0, 0.1) is 0 Å². The number of benzene rings is 1. The molecule has 4 heterocycles. The normalized spacial score (nSPS) is 16.2. The standard InChI is InChI=1S/C24H22N6O3/c31-24(19-14-20(32-27-19)16-4-2-1-3-5-16)30-12-10-29(11-13-30)21-9-8-18(15-25-21)22-26-23(33-28-22)17-6-7-17/h1-5,8-9,14-15,17H,6-7,10-13H2. The monoisotopic (exact) mass is 442 g/mol. The SMILES string of the molecule is O=C(c1cc(-c2ccccc2)on1)N1CCN(c2ccc(-c3noc(C4CC4)n3)cn2)CC1. The molecule has 0 bridgehead atoms. The van der Waals surface area contributed by atoms with Crippen molar-refractivity contribution in [1.82, 2.24) is 25.2 Å². The molecule has 1 saturated carbocycles. The van der Waals surface area contributed by atoms with Crippen LogP contribution in [0.4, 0.5) is 5.82 Å². The number of hydrogen-bond donors (Lipinski definition) is 0. The molecule has 6 rings (SSSR count). The van der Waals surface area contributed by atoms with E-state index in [1.54, 1.807) is 17.2 Å². The first-order valence-electron chi connectivity index (χ1n) is 11.1. The van der Waals surface area contributed by atoms with Crippen molar-refractivity contribution in [3.05, 3.63) is 66.3 Å². The molecule has 9 heteroatoms. The molecule has 2 aliphatic rings. The average molecular weight is 442 g/mol. The van der Waals surface area contributed by atoms with Crippen molar-refractivity contribution in [1.29, 1.82) is 0 Å². The minimum Gasteiger partial charge on any atom is -0.355 e. The van der Waals surface area contributed by atoms with Crippen LogP contribution < -0.4 is 4.90 Å². The van der Waals surface area contributed by atoms with Gasteiger partial charge in [-0.3, -0.25) is 4.79 Å². The fourth-order valence-corrected chi connectivity index (χ4v) is 3.97. The van der Waals surface area contributed by atoms with Gasteiger partial charge in [0.15, 0.2) is 11.5 Å². The fraction of sp³-hybridized carbons (Fsp3) is 0.292. The number of piperazine rings is 1. The summed E-state index contributed by atoms with van der Waals surface area (Å²) in [6.07, 6.45) is 4.02. The Morgan fingerprint density at radius 1 is 0.909 bits per heavy atom. The van der Waals surface area contributed by atoms with E-state index in [1.165, 1.54) is 0 Å². The first-order valence-corrected chi connectivity index (χ1v) is 11.1. The van der Waals surface area contributed by atoms with E-state index >= 15 is 0 Å². The smallest absolute Gasteiger partial charge is 0.276 e. The Hall–Kier alpha value is -4.01. The Bertz CT molecular complexity index is 1250. The van der Waals surface area contributed by atoms with Gasteiger partial charge in [-0.2, -0.15) is 4.98 Å². The van der Waals surface area contributed by atoms with Crippen LogP contribution in [0.1, 0.15) is 35.1 Å².